The number of carboxylic acids is 1. The minimum Gasteiger partial charge on any atom is -0.481 e. The van der Waals surface area contributed by atoms with E-state index in [9.17, 15) is 9.59 Å². The van der Waals surface area contributed by atoms with Crippen LogP contribution in [0.15, 0.2) is 18.5 Å². The number of carboxylic acid groups (broad SMARTS) is 1. The molecule has 0 bridgehead atoms. The minimum absolute atomic E-state index is 0.145. The van der Waals surface area contributed by atoms with Gasteiger partial charge in [0.1, 0.15) is 0 Å². The van der Waals surface area contributed by atoms with E-state index in [-0.39, 0.29) is 5.91 Å². The molecule has 0 radical (unpaired) electrons. The van der Waals surface area contributed by atoms with Crippen molar-refractivity contribution in [2.75, 3.05) is 0 Å². The molecule has 1 aromatic rings. The molecule has 0 aliphatic heterocycles. The number of hydrogen-bond donors (Lipinski definition) is 3. The number of amides is 1. The molecule has 3 N–H and O–H groups in total. The highest BCUT2D eigenvalue weighted by molar-refractivity contribution is 5.85. The van der Waals surface area contributed by atoms with Crippen LogP contribution in [-0.2, 0) is 16.1 Å². The van der Waals surface area contributed by atoms with Gasteiger partial charge < -0.3 is 15.4 Å². The van der Waals surface area contributed by atoms with E-state index in [0.717, 1.165) is 5.56 Å². The highest BCUT2D eigenvalue weighted by Gasteiger charge is 2.40. The molecule has 0 saturated heterocycles. The lowest BCUT2D eigenvalue weighted by molar-refractivity contribution is -0.146. The Balaban J connectivity index is 1.93. The molecule has 5 heteroatoms. The fourth-order valence-corrected chi connectivity index (χ4v) is 2.64. The van der Waals surface area contributed by atoms with Gasteiger partial charge in [-0.05, 0) is 30.4 Å². The Labute approximate surface area is 106 Å². The van der Waals surface area contributed by atoms with E-state index in [2.05, 4.69) is 10.3 Å². The van der Waals surface area contributed by atoms with E-state index in [1.165, 1.54) is 0 Å². The summed E-state index contributed by atoms with van der Waals surface area (Å²) in [7, 11) is 0. The maximum Gasteiger partial charge on any atom is 0.307 e. The first-order valence-corrected chi connectivity index (χ1v) is 6.20. The Hall–Kier alpha value is -1.78. The highest BCUT2D eigenvalue weighted by atomic mass is 16.4. The summed E-state index contributed by atoms with van der Waals surface area (Å²) in [4.78, 5) is 26.0. The minimum atomic E-state index is -0.860. The van der Waals surface area contributed by atoms with Crippen LogP contribution in [0.1, 0.15) is 25.3 Å². The van der Waals surface area contributed by atoms with Crippen molar-refractivity contribution in [2.24, 2.45) is 17.8 Å². The SMILES string of the molecule is CC1C[C@H](C(=O)NCc2cc[nH]c2)[C@H](C(=O)O)C1. The molecule has 18 heavy (non-hydrogen) atoms. The number of aromatic amines is 1. The van der Waals surface area contributed by atoms with E-state index >= 15 is 0 Å². The lowest BCUT2D eigenvalue weighted by Gasteiger charge is -2.15. The Morgan fingerprint density at radius 2 is 2.17 bits per heavy atom. The Morgan fingerprint density at radius 1 is 1.44 bits per heavy atom. The monoisotopic (exact) mass is 250 g/mol. The standard InChI is InChI=1S/C13H18N2O3/c1-8-4-10(11(5-8)13(17)18)12(16)15-7-9-2-3-14-6-9/h2-3,6,8,10-11,14H,4-5,7H2,1H3,(H,15,16)(H,17,18)/t8?,10-,11+/m0/s1. The molecule has 1 aliphatic carbocycles. The van der Waals surface area contributed by atoms with E-state index in [1.807, 2.05) is 19.2 Å². The van der Waals surface area contributed by atoms with Crippen LogP contribution in [0, 0.1) is 17.8 Å². The van der Waals surface area contributed by atoms with Crippen molar-refractivity contribution in [3.63, 3.8) is 0 Å². The van der Waals surface area contributed by atoms with E-state index in [1.54, 1.807) is 6.20 Å². The number of aromatic nitrogens is 1. The first-order valence-electron chi connectivity index (χ1n) is 6.20. The summed E-state index contributed by atoms with van der Waals surface area (Å²) < 4.78 is 0. The van der Waals surface area contributed by atoms with Gasteiger partial charge in [0.15, 0.2) is 0 Å². The first kappa shape index (κ1) is 12.7. The number of H-pyrrole nitrogens is 1. The predicted molar refractivity (Wildman–Crippen MR) is 65.7 cm³/mol. The molecule has 0 spiro atoms. The molecule has 1 unspecified atom stereocenters. The van der Waals surface area contributed by atoms with Crippen LogP contribution in [0.2, 0.25) is 0 Å². The van der Waals surface area contributed by atoms with Crippen LogP contribution >= 0.6 is 0 Å². The maximum atomic E-state index is 12.0. The van der Waals surface area contributed by atoms with Gasteiger partial charge in [0.25, 0.3) is 0 Å². The quantitative estimate of drug-likeness (QED) is 0.755. The average Bonchev–Trinajstić information content (AvgIpc) is 2.94. The van der Waals surface area contributed by atoms with Crippen molar-refractivity contribution < 1.29 is 14.7 Å². The summed E-state index contributed by atoms with van der Waals surface area (Å²) in [6.45, 7) is 2.44. The van der Waals surface area contributed by atoms with Crippen molar-refractivity contribution in [2.45, 2.75) is 26.3 Å². The van der Waals surface area contributed by atoms with Gasteiger partial charge in [-0.25, -0.2) is 0 Å². The van der Waals surface area contributed by atoms with Gasteiger partial charge in [0.2, 0.25) is 5.91 Å². The summed E-state index contributed by atoms with van der Waals surface area (Å²) in [6, 6.07) is 1.88. The summed E-state index contributed by atoms with van der Waals surface area (Å²) >= 11 is 0. The van der Waals surface area contributed by atoms with Gasteiger partial charge in [0, 0.05) is 18.9 Å². The van der Waals surface area contributed by atoms with Gasteiger partial charge >= 0.3 is 5.97 Å². The first-order chi connectivity index (χ1) is 8.58. The fourth-order valence-electron chi connectivity index (χ4n) is 2.64. The lowest BCUT2D eigenvalue weighted by Crippen LogP contribution is -2.34. The van der Waals surface area contributed by atoms with Crippen LogP contribution in [0.25, 0.3) is 0 Å². The molecule has 1 heterocycles. The van der Waals surface area contributed by atoms with E-state index in [0.29, 0.717) is 25.3 Å². The zero-order valence-electron chi connectivity index (χ0n) is 10.3. The molecular formula is C13H18N2O3. The van der Waals surface area contributed by atoms with Crippen molar-refractivity contribution in [1.29, 1.82) is 0 Å². The van der Waals surface area contributed by atoms with Gasteiger partial charge in [0.05, 0.1) is 11.8 Å². The molecule has 1 saturated carbocycles. The predicted octanol–water partition coefficient (Wildman–Crippen LogP) is 1.38. The molecule has 1 aromatic heterocycles. The second kappa shape index (κ2) is 5.25. The zero-order valence-corrected chi connectivity index (χ0v) is 10.3. The number of nitrogens with one attached hydrogen (secondary N) is 2. The summed E-state index contributed by atoms with van der Waals surface area (Å²) in [5, 5.41) is 11.9. The third-order valence-corrected chi connectivity index (χ3v) is 3.58. The third-order valence-electron chi connectivity index (χ3n) is 3.58. The van der Waals surface area contributed by atoms with Crippen LogP contribution in [0.3, 0.4) is 0 Å². The van der Waals surface area contributed by atoms with Gasteiger partial charge in [-0.15, -0.1) is 0 Å². The topological polar surface area (TPSA) is 82.2 Å². The molecule has 98 valence electrons. The number of aliphatic carboxylic acids is 1. The smallest absolute Gasteiger partial charge is 0.307 e. The van der Waals surface area contributed by atoms with Crippen molar-refractivity contribution >= 4 is 11.9 Å². The summed E-state index contributed by atoms with van der Waals surface area (Å²) in [5.41, 5.74) is 0.987. The number of carbonyl (C=O) groups excluding carboxylic acids is 1. The summed E-state index contributed by atoms with van der Waals surface area (Å²) in [6.07, 6.45) is 4.86. The van der Waals surface area contributed by atoms with Gasteiger partial charge in [-0.3, -0.25) is 9.59 Å². The lowest BCUT2D eigenvalue weighted by atomic mass is 9.95. The molecule has 3 atom stereocenters. The summed E-state index contributed by atoms with van der Waals surface area (Å²) in [5.74, 6) is -1.63. The molecule has 1 fully saturated rings. The highest BCUT2D eigenvalue weighted by Crippen LogP contribution is 2.36. The van der Waals surface area contributed by atoms with Crippen LogP contribution in [0.5, 0.6) is 0 Å². The van der Waals surface area contributed by atoms with Crippen LogP contribution < -0.4 is 5.32 Å². The maximum absolute atomic E-state index is 12.0. The largest absolute Gasteiger partial charge is 0.481 e. The fraction of sp³-hybridized carbons (Fsp3) is 0.538. The molecule has 1 aliphatic rings. The van der Waals surface area contributed by atoms with Crippen molar-refractivity contribution in [1.82, 2.24) is 10.3 Å². The molecular weight excluding hydrogens is 232 g/mol. The Bertz CT molecular complexity index is 427. The number of carbonyl (C=O) groups is 2. The molecule has 1 amide bonds. The molecule has 5 nitrogen and oxygen atoms in total. The van der Waals surface area contributed by atoms with Gasteiger partial charge in [-0.1, -0.05) is 6.92 Å². The van der Waals surface area contributed by atoms with E-state index < -0.39 is 17.8 Å². The zero-order chi connectivity index (χ0) is 13.1. The average molecular weight is 250 g/mol. The number of hydrogen-bond acceptors (Lipinski definition) is 2. The van der Waals surface area contributed by atoms with Crippen molar-refractivity contribution in [3.8, 4) is 0 Å². The third kappa shape index (κ3) is 2.72. The van der Waals surface area contributed by atoms with Crippen LogP contribution in [-0.4, -0.2) is 22.0 Å². The van der Waals surface area contributed by atoms with Crippen LogP contribution in [0.4, 0.5) is 0 Å². The van der Waals surface area contributed by atoms with Gasteiger partial charge in [-0.2, -0.15) is 0 Å². The van der Waals surface area contributed by atoms with E-state index in [4.69, 9.17) is 5.11 Å². The Kier molecular flexibility index (Phi) is 3.69. The van der Waals surface area contributed by atoms with Crippen molar-refractivity contribution in [3.05, 3.63) is 24.0 Å². The second-order valence-corrected chi connectivity index (χ2v) is 5.06. The molecule has 2 rings (SSSR count). The number of rotatable bonds is 4. The second-order valence-electron chi connectivity index (χ2n) is 5.06. The normalized spacial score (nSPS) is 27.1. The molecule has 0 aromatic carbocycles. The Morgan fingerprint density at radius 3 is 2.78 bits per heavy atom.